The molecule has 0 spiro atoms. The minimum atomic E-state index is -0.105. The van der Waals surface area contributed by atoms with Crippen molar-refractivity contribution in [1.82, 2.24) is 10.2 Å². The van der Waals surface area contributed by atoms with Gasteiger partial charge in [0, 0.05) is 43.1 Å². The molecule has 3 aromatic carbocycles. The Morgan fingerprint density at radius 1 is 1.11 bits per heavy atom. The lowest BCUT2D eigenvalue weighted by atomic mass is 9.57. The molecule has 0 aromatic heterocycles. The number of ether oxygens (including phenoxy) is 2. The molecule has 3 aromatic rings. The molecule has 1 saturated heterocycles. The number of fused-ring (bicyclic) bond motifs is 2. The summed E-state index contributed by atoms with van der Waals surface area (Å²) in [4.78, 5) is 15.9. The van der Waals surface area contributed by atoms with Crippen LogP contribution in [0.25, 0.3) is 10.8 Å². The third kappa shape index (κ3) is 4.65. The van der Waals surface area contributed by atoms with E-state index in [4.69, 9.17) is 9.47 Å². The van der Waals surface area contributed by atoms with Gasteiger partial charge in [-0.2, -0.15) is 0 Å². The fraction of sp³-hybridized carbons (Fsp3) is 0.387. The highest BCUT2D eigenvalue weighted by atomic mass is 16.5. The van der Waals surface area contributed by atoms with Crippen molar-refractivity contribution in [1.29, 1.82) is 0 Å². The molecular formula is C31H36N2O3. The molecule has 5 rings (SSSR count). The number of rotatable bonds is 7. The van der Waals surface area contributed by atoms with Gasteiger partial charge in [0.15, 0.2) is 0 Å². The molecule has 0 radical (unpaired) electrons. The summed E-state index contributed by atoms with van der Waals surface area (Å²) in [6, 6.07) is 22.6. The maximum Gasteiger partial charge on any atom is 0.251 e. The Labute approximate surface area is 214 Å². The summed E-state index contributed by atoms with van der Waals surface area (Å²) >= 11 is 0. The number of amides is 1. The Morgan fingerprint density at radius 3 is 2.72 bits per heavy atom. The predicted molar refractivity (Wildman–Crippen MR) is 145 cm³/mol. The van der Waals surface area contributed by atoms with Crippen molar-refractivity contribution < 1.29 is 14.3 Å². The van der Waals surface area contributed by atoms with E-state index in [1.165, 1.54) is 5.56 Å². The summed E-state index contributed by atoms with van der Waals surface area (Å²) in [5.74, 6) is 1.16. The molecule has 188 valence electrons. The van der Waals surface area contributed by atoms with Gasteiger partial charge in [-0.15, -0.1) is 6.58 Å². The normalized spacial score (nSPS) is 26.2. The van der Waals surface area contributed by atoms with Crippen molar-refractivity contribution in [3.8, 4) is 5.75 Å². The largest absolute Gasteiger partial charge is 0.497 e. The van der Waals surface area contributed by atoms with Crippen molar-refractivity contribution >= 4 is 16.7 Å². The zero-order valence-corrected chi connectivity index (χ0v) is 21.3. The van der Waals surface area contributed by atoms with E-state index in [1.807, 2.05) is 48.5 Å². The summed E-state index contributed by atoms with van der Waals surface area (Å²) in [7, 11) is 3.52. The Hall–Kier alpha value is -3.15. The molecule has 5 heteroatoms. The molecule has 36 heavy (non-hydrogen) atoms. The Bertz CT molecular complexity index is 1240. The Balaban J connectivity index is 1.46. The van der Waals surface area contributed by atoms with Gasteiger partial charge < -0.3 is 14.8 Å². The van der Waals surface area contributed by atoms with E-state index >= 15 is 0 Å². The number of nitrogens with one attached hydrogen (secondary N) is 1. The SMILES string of the molecule is C=CCN1CC[C@@]2(c3cccc(OC)c3)C[C@H](NC(=O)c3ccc4ccccc4c3)CC(OC)[C@@H]2C1. The number of piperidine rings is 1. The predicted octanol–water partition coefficient (Wildman–Crippen LogP) is 5.20. The van der Waals surface area contributed by atoms with E-state index in [0.29, 0.717) is 11.5 Å². The zero-order valence-electron chi connectivity index (χ0n) is 21.3. The average molecular weight is 485 g/mol. The van der Waals surface area contributed by atoms with Crippen LogP contribution in [-0.2, 0) is 10.2 Å². The molecule has 4 atom stereocenters. The van der Waals surface area contributed by atoms with Gasteiger partial charge in [0.1, 0.15) is 5.75 Å². The van der Waals surface area contributed by atoms with Crippen LogP contribution in [-0.4, -0.2) is 56.8 Å². The van der Waals surface area contributed by atoms with Crippen LogP contribution in [0.15, 0.2) is 79.4 Å². The molecular weight excluding hydrogens is 448 g/mol. The summed E-state index contributed by atoms with van der Waals surface area (Å²) in [5, 5.41) is 5.59. The number of benzene rings is 3. The Morgan fingerprint density at radius 2 is 1.94 bits per heavy atom. The minimum absolute atomic E-state index is 0.0160. The van der Waals surface area contributed by atoms with Crippen molar-refractivity contribution in [3.63, 3.8) is 0 Å². The van der Waals surface area contributed by atoms with E-state index < -0.39 is 0 Å². The standard InChI is InChI=1S/C31H36N2O3/c1-4-15-33-16-14-31(25-10-7-11-27(18-25)35-2)20-26(19-29(36-3)28(31)21-33)32-30(34)24-13-12-22-8-5-6-9-23(22)17-24/h4-13,17-18,26,28-29H,1,14-16,19-21H2,2-3H3,(H,32,34)/t26-,28+,29?,31+/m1/s1. The molecule has 1 saturated carbocycles. The number of hydrogen-bond donors (Lipinski definition) is 1. The van der Waals surface area contributed by atoms with Crippen molar-refractivity contribution in [3.05, 3.63) is 90.5 Å². The highest BCUT2D eigenvalue weighted by Gasteiger charge is 2.52. The quantitative estimate of drug-likeness (QED) is 0.468. The number of nitrogens with zero attached hydrogens (tertiary/aromatic N) is 1. The maximum absolute atomic E-state index is 13.4. The van der Waals surface area contributed by atoms with Crippen molar-refractivity contribution in [2.24, 2.45) is 5.92 Å². The van der Waals surface area contributed by atoms with Gasteiger partial charge >= 0.3 is 0 Å². The van der Waals surface area contributed by atoms with E-state index in [0.717, 1.165) is 55.4 Å². The van der Waals surface area contributed by atoms with Crippen LogP contribution in [0.1, 0.15) is 35.2 Å². The zero-order chi connectivity index (χ0) is 25.1. The molecule has 1 aliphatic heterocycles. The maximum atomic E-state index is 13.4. The third-order valence-corrected chi connectivity index (χ3v) is 8.30. The van der Waals surface area contributed by atoms with Crippen molar-refractivity contribution in [2.45, 2.75) is 36.8 Å². The number of methoxy groups -OCH3 is 2. The van der Waals surface area contributed by atoms with E-state index in [9.17, 15) is 4.79 Å². The Kier molecular flexibility index (Phi) is 7.13. The molecule has 2 aliphatic rings. The molecule has 1 unspecified atom stereocenters. The van der Waals surface area contributed by atoms with Gasteiger partial charge in [0.25, 0.3) is 5.91 Å². The molecule has 1 aliphatic carbocycles. The molecule has 0 bridgehead atoms. The minimum Gasteiger partial charge on any atom is -0.497 e. The van der Waals surface area contributed by atoms with E-state index in [-0.39, 0.29) is 23.5 Å². The van der Waals surface area contributed by atoms with Crippen LogP contribution in [0, 0.1) is 5.92 Å². The second-order valence-electron chi connectivity index (χ2n) is 10.2. The van der Waals surface area contributed by atoms with Crippen LogP contribution in [0.3, 0.4) is 0 Å². The van der Waals surface area contributed by atoms with Gasteiger partial charge in [-0.1, -0.05) is 48.5 Å². The monoisotopic (exact) mass is 484 g/mol. The lowest BCUT2D eigenvalue weighted by molar-refractivity contribution is -0.0653. The number of carbonyl (C=O) groups is 1. The molecule has 1 amide bonds. The van der Waals surface area contributed by atoms with Gasteiger partial charge in [0.05, 0.1) is 13.2 Å². The highest BCUT2D eigenvalue weighted by molar-refractivity contribution is 5.98. The summed E-state index contributed by atoms with van der Waals surface area (Å²) in [5.41, 5.74) is 1.87. The lowest BCUT2D eigenvalue weighted by Crippen LogP contribution is -2.61. The summed E-state index contributed by atoms with van der Waals surface area (Å²) in [6.07, 6.45) is 4.70. The molecule has 1 heterocycles. The number of likely N-dealkylation sites (tertiary alicyclic amines) is 1. The van der Waals surface area contributed by atoms with E-state index in [1.54, 1.807) is 14.2 Å². The van der Waals surface area contributed by atoms with Crippen LogP contribution >= 0.6 is 0 Å². The first-order chi connectivity index (χ1) is 17.6. The topological polar surface area (TPSA) is 50.8 Å². The second kappa shape index (κ2) is 10.5. The number of hydrogen-bond acceptors (Lipinski definition) is 4. The molecule has 5 nitrogen and oxygen atoms in total. The van der Waals surface area contributed by atoms with Gasteiger partial charge in [-0.3, -0.25) is 9.69 Å². The smallest absolute Gasteiger partial charge is 0.251 e. The molecule has 2 fully saturated rings. The van der Waals surface area contributed by atoms with Crippen LogP contribution in [0.5, 0.6) is 5.75 Å². The molecule has 1 N–H and O–H groups in total. The fourth-order valence-corrected chi connectivity index (χ4v) is 6.51. The number of carbonyl (C=O) groups excluding carboxylic acids is 1. The third-order valence-electron chi connectivity index (χ3n) is 8.30. The van der Waals surface area contributed by atoms with Gasteiger partial charge in [-0.25, -0.2) is 0 Å². The summed E-state index contributed by atoms with van der Waals surface area (Å²) < 4.78 is 11.7. The van der Waals surface area contributed by atoms with Crippen LogP contribution in [0.2, 0.25) is 0 Å². The first-order valence-electron chi connectivity index (χ1n) is 12.9. The van der Waals surface area contributed by atoms with Crippen molar-refractivity contribution in [2.75, 3.05) is 33.9 Å². The highest BCUT2D eigenvalue weighted by Crippen LogP contribution is 2.50. The van der Waals surface area contributed by atoms with Gasteiger partial charge in [-0.05, 0) is 66.4 Å². The fourth-order valence-electron chi connectivity index (χ4n) is 6.51. The first-order valence-corrected chi connectivity index (χ1v) is 12.9. The second-order valence-corrected chi connectivity index (χ2v) is 10.2. The average Bonchev–Trinajstić information content (AvgIpc) is 2.92. The van der Waals surface area contributed by atoms with E-state index in [2.05, 4.69) is 41.1 Å². The first kappa shape index (κ1) is 24.5. The van der Waals surface area contributed by atoms with Crippen LogP contribution < -0.4 is 10.1 Å². The van der Waals surface area contributed by atoms with Crippen LogP contribution in [0.4, 0.5) is 0 Å². The summed E-state index contributed by atoms with van der Waals surface area (Å²) in [6.45, 7) is 6.77. The van der Waals surface area contributed by atoms with Gasteiger partial charge in [0.2, 0.25) is 0 Å². The lowest BCUT2D eigenvalue weighted by Gasteiger charge is -2.55.